The highest BCUT2D eigenvalue weighted by Crippen LogP contribution is 2.22. The maximum Gasteiger partial charge on any atom is 0.260 e. The summed E-state index contributed by atoms with van der Waals surface area (Å²) in [4.78, 5) is 12.5. The van der Waals surface area contributed by atoms with E-state index >= 15 is 0 Å². The first-order valence-electron chi connectivity index (χ1n) is 10.6. The molecule has 0 atom stereocenters. The van der Waals surface area contributed by atoms with Gasteiger partial charge in [-0.15, -0.1) is 0 Å². The molecule has 1 amide bonds. The molecule has 0 saturated carbocycles. The average Bonchev–Trinajstić information content (AvgIpc) is 3.01. The number of hydrazone groups is 1. The van der Waals surface area contributed by atoms with Gasteiger partial charge in [0.05, 0.1) is 18.2 Å². The van der Waals surface area contributed by atoms with Crippen LogP contribution in [0.1, 0.15) is 33.6 Å². The van der Waals surface area contributed by atoms with Crippen molar-refractivity contribution in [2.24, 2.45) is 5.10 Å². The SMILES string of the molecule is Cc1ccc(-n2c(C)cc(/C=N\NC(=O)CN(c3ccc(C)c(C)c3)S(C)(=O)=O)c2C)cc1. The van der Waals surface area contributed by atoms with Crippen LogP contribution in [0.2, 0.25) is 0 Å². The molecular formula is C25H30N4O3S. The van der Waals surface area contributed by atoms with Gasteiger partial charge in [0, 0.05) is 22.6 Å². The molecule has 0 fully saturated rings. The molecule has 1 heterocycles. The molecule has 3 aromatic rings. The summed E-state index contributed by atoms with van der Waals surface area (Å²) in [5.41, 5.74) is 10.0. The van der Waals surface area contributed by atoms with Gasteiger partial charge in [0.1, 0.15) is 6.54 Å². The van der Waals surface area contributed by atoms with Crippen LogP contribution in [-0.4, -0.2) is 37.9 Å². The van der Waals surface area contributed by atoms with E-state index in [1.807, 2.05) is 46.8 Å². The highest BCUT2D eigenvalue weighted by Gasteiger charge is 2.21. The predicted octanol–water partition coefficient (Wildman–Crippen LogP) is 3.94. The van der Waals surface area contributed by atoms with Crippen LogP contribution in [-0.2, 0) is 14.8 Å². The Morgan fingerprint density at radius 3 is 2.27 bits per heavy atom. The molecule has 3 rings (SSSR count). The Hall–Kier alpha value is -3.39. The number of anilines is 1. The zero-order valence-electron chi connectivity index (χ0n) is 19.9. The average molecular weight is 467 g/mol. The molecule has 174 valence electrons. The van der Waals surface area contributed by atoms with Gasteiger partial charge in [-0.25, -0.2) is 13.8 Å². The first kappa shape index (κ1) is 24.3. The van der Waals surface area contributed by atoms with Crippen molar-refractivity contribution in [2.75, 3.05) is 17.1 Å². The number of hydrogen-bond acceptors (Lipinski definition) is 4. The van der Waals surface area contributed by atoms with Crippen molar-refractivity contribution in [3.8, 4) is 5.69 Å². The number of sulfonamides is 1. The molecule has 0 spiro atoms. The highest BCUT2D eigenvalue weighted by atomic mass is 32.2. The summed E-state index contributed by atoms with van der Waals surface area (Å²) in [6.45, 7) is 9.53. The van der Waals surface area contributed by atoms with E-state index in [2.05, 4.69) is 39.4 Å². The van der Waals surface area contributed by atoms with Crippen molar-refractivity contribution < 1.29 is 13.2 Å². The molecule has 0 aliphatic rings. The lowest BCUT2D eigenvalue weighted by Gasteiger charge is -2.22. The molecule has 0 radical (unpaired) electrons. The summed E-state index contributed by atoms with van der Waals surface area (Å²) < 4.78 is 27.8. The molecule has 2 aromatic carbocycles. The number of amides is 1. The Labute approximate surface area is 195 Å². The minimum atomic E-state index is -3.65. The van der Waals surface area contributed by atoms with Crippen molar-refractivity contribution in [3.05, 3.63) is 82.2 Å². The third kappa shape index (κ3) is 5.70. The Bertz CT molecular complexity index is 1310. The van der Waals surface area contributed by atoms with Crippen molar-refractivity contribution in [2.45, 2.75) is 34.6 Å². The Kier molecular flexibility index (Phi) is 7.07. The lowest BCUT2D eigenvalue weighted by Crippen LogP contribution is -2.39. The zero-order valence-corrected chi connectivity index (χ0v) is 20.7. The Balaban J connectivity index is 1.74. The maximum atomic E-state index is 12.5. The van der Waals surface area contributed by atoms with Crippen LogP contribution in [0.5, 0.6) is 0 Å². The minimum Gasteiger partial charge on any atom is -0.318 e. The van der Waals surface area contributed by atoms with Gasteiger partial charge in [-0.1, -0.05) is 23.8 Å². The van der Waals surface area contributed by atoms with Gasteiger partial charge in [-0.3, -0.25) is 9.10 Å². The van der Waals surface area contributed by atoms with Gasteiger partial charge in [0.15, 0.2) is 0 Å². The van der Waals surface area contributed by atoms with Crippen molar-refractivity contribution >= 4 is 27.8 Å². The van der Waals surface area contributed by atoms with Crippen LogP contribution in [0.25, 0.3) is 5.69 Å². The number of nitrogens with zero attached hydrogens (tertiary/aromatic N) is 3. The van der Waals surface area contributed by atoms with E-state index in [9.17, 15) is 13.2 Å². The van der Waals surface area contributed by atoms with E-state index in [0.29, 0.717) is 5.69 Å². The molecule has 0 bridgehead atoms. The minimum absolute atomic E-state index is 0.360. The van der Waals surface area contributed by atoms with Gasteiger partial charge in [-0.05, 0) is 76.1 Å². The summed E-state index contributed by atoms with van der Waals surface area (Å²) in [7, 11) is -3.65. The van der Waals surface area contributed by atoms with E-state index in [0.717, 1.165) is 44.3 Å². The highest BCUT2D eigenvalue weighted by molar-refractivity contribution is 7.92. The predicted molar refractivity (Wildman–Crippen MR) is 134 cm³/mol. The number of benzene rings is 2. The topological polar surface area (TPSA) is 83.8 Å². The van der Waals surface area contributed by atoms with E-state index in [4.69, 9.17) is 0 Å². The van der Waals surface area contributed by atoms with Crippen molar-refractivity contribution in [1.29, 1.82) is 0 Å². The largest absolute Gasteiger partial charge is 0.318 e. The fraction of sp³-hybridized carbons (Fsp3) is 0.280. The molecule has 7 nitrogen and oxygen atoms in total. The molecule has 33 heavy (non-hydrogen) atoms. The van der Waals surface area contributed by atoms with E-state index in [1.165, 1.54) is 5.56 Å². The number of carbonyl (C=O) groups is 1. The lowest BCUT2D eigenvalue weighted by atomic mass is 10.1. The van der Waals surface area contributed by atoms with Crippen LogP contribution in [0.3, 0.4) is 0 Å². The normalized spacial score (nSPS) is 11.7. The molecule has 0 aliphatic heterocycles. The Morgan fingerprint density at radius 1 is 1.00 bits per heavy atom. The van der Waals surface area contributed by atoms with Crippen LogP contribution >= 0.6 is 0 Å². The third-order valence-electron chi connectivity index (χ3n) is 5.62. The summed E-state index contributed by atoms with van der Waals surface area (Å²) in [6.07, 6.45) is 2.66. The molecule has 1 aromatic heterocycles. The summed E-state index contributed by atoms with van der Waals surface area (Å²) in [5.74, 6) is -0.526. The van der Waals surface area contributed by atoms with E-state index in [1.54, 1.807) is 18.3 Å². The molecule has 1 N–H and O–H groups in total. The second kappa shape index (κ2) is 9.62. The number of nitrogens with one attached hydrogen (secondary N) is 1. The van der Waals surface area contributed by atoms with Crippen LogP contribution in [0.4, 0.5) is 5.69 Å². The lowest BCUT2D eigenvalue weighted by molar-refractivity contribution is -0.119. The molecule has 0 saturated heterocycles. The summed E-state index contributed by atoms with van der Waals surface area (Å²) >= 11 is 0. The van der Waals surface area contributed by atoms with Gasteiger partial charge in [0.2, 0.25) is 10.0 Å². The van der Waals surface area contributed by atoms with Gasteiger partial charge >= 0.3 is 0 Å². The number of carbonyl (C=O) groups excluding carboxylic acids is 1. The second-order valence-corrected chi connectivity index (χ2v) is 10.2. The second-order valence-electron chi connectivity index (χ2n) is 8.33. The molecule has 0 unspecified atom stereocenters. The van der Waals surface area contributed by atoms with Crippen molar-refractivity contribution in [1.82, 2.24) is 9.99 Å². The molecular weight excluding hydrogens is 436 g/mol. The monoisotopic (exact) mass is 466 g/mol. The van der Waals surface area contributed by atoms with Gasteiger partial charge in [0.25, 0.3) is 5.91 Å². The van der Waals surface area contributed by atoms with Crippen LogP contribution in [0, 0.1) is 34.6 Å². The number of aromatic nitrogens is 1. The van der Waals surface area contributed by atoms with Crippen LogP contribution < -0.4 is 9.73 Å². The first-order valence-corrected chi connectivity index (χ1v) is 12.4. The third-order valence-corrected chi connectivity index (χ3v) is 6.76. The first-order chi connectivity index (χ1) is 15.5. The van der Waals surface area contributed by atoms with Crippen molar-refractivity contribution in [3.63, 3.8) is 0 Å². The fourth-order valence-electron chi connectivity index (χ4n) is 3.63. The zero-order chi connectivity index (χ0) is 24.3. The van der Waals surface area contributed by atoms with Gasteiger partial charge in [-0.2, -0.15) is 5.10 Å². The fourth-order valence-corrected chi connectivity index (χ4v) is 4.48. The van der Waals surface area contributed by atoms with Crippen LogP contribution in [0.15, 0.2) is 53.6 Å². The Morgan fingerprint density at radius 2 is 1.67 bits per heavy atom. The van der Waals surface area contributed by atoms with Gasteiger partial charge < -0.3 is 4.57 Å². The standard InChI is InChI=1S/C25H30N4O3S/c1-17-7-10-23(11-8-17)29-20(4)14-22(21(29)5)15-26-27-25(30)16-28(33(6,31)32)24-12-9-18(2)19(3)13-24/h7-15H,16H2,1-6H3,(H,27,30)/b26-15-. The summed E-state index contributed by atoms with van der Waals surface area (Å²) in [6, 6.07) is 15.5. The molecule has 8 heteroatoms. The smallest absolute Gasteiger partial charge is 0.260 e. The maximum absolute atomic E-state index is 12.5. The quantitative estimate of drug-likeness (QED) is 0.423. The number of aryl methyl sites for hydroxylation is 4. The number of rotatable bonds is 7. The van der Waals surface area contributed by atoms with E-state index in [-0.39, 0.29) is 6.54 Å². The molecule has 0 aliphatic carbocycles. The van der Waals surface area contributed by atoms with E-state index < -0.39 is 15.9 Å². The number of hydrogen-bond donors (Lipinski definition) is 1. The summed E-state index contributed by atoms with van der Waals surface area (Å²) in [5, 5.41) is 4.07.